The monoisotopic (exact) mass is 262 g/mol. The van der Waals surface area contributed by atoms with Crippen molar-refractivity contribution in [1.82, 2.24) is 0 Å². The molecule has 7 nitrogen and oxygen atoms in total. The van der Waals surface area contributed by atoms with Crippen molar-refractivity contribution in [2.24, 2.45) is 21.2 Å². The van der Waals surface area contributed by atoms with Crippen LogP contribution in [0.5, 0.6) is 0 Å². The number of benzene rings is 1. The first-order chi connectivity index (χ1) is 7.45. The summed E-state index contributed by atoms with van der Waals surface area (Å²) in [5.74, 6) is 4.77. The van der Waals surface area contributed by atoms with Gasteiger partial charge in [0, 0.05) is 0 Å². The maximum atomic E-state index is 10.9. The molecule has 0 aliphatic carbocycles. The van der Waals surface area contributed by atoms with E-state index in [-0.39, 0.29) is 10.7 Å². The highest BCUT2D eigenvalue weighted by Gasteiger charge is 2.14. The molecule has 0 heterocycles. The molecule has 0 saturated carbocycles. The van der Waals surface area contributed by atoms with Gasteiger partial charge in [-0.3, -0.25) is 4.55 Å². The van der Waals surface area contributed by atoms with Crippen molar-refractivity contribution in [2.45, 2.75) is 4.90 Å². The number of nitrogens with zero attached hydrogens (tertiary/aromatic N) is 3. The summed E-state index contributed by atoms with van der Waals surface area (Å²) in [6.45, 7) is 0. The molecule has 0 unspecified atom stereocenters. The molecule has 1 aromatic rings. The van der Waals surface area contributed by atoms with E-state index in [0.717, 1.165) is 12.4 Å². The van der Waals surface area contributed by atoms with Gasteiger partial charge >= 0.3 is 0 Å². The predicted molar refractivity (Wildman–Crippen MR) is 58.5 cm³/mol. The maximum absolute atomic E-state index is 10.9. The molecule has 3 N–H and O–H groups in total. The van der Waals surface area contributed by atoms with Crippen LogP contribution in [-0.2, 0) is 10.1 Å². The van der Waals surface area contributed by atoms with Gasteiger partial charge in [-0.2, -0.15) is 13.5 Å². The van der Waals surface area contributed by atoms with E-state index in [1.165, 1.54) is 12.1 Å². The van der Waals surface area contributed by atoms with E-state index in [2.05, 4.69) is 15.3 Å². The van der Waals surface area contributed by atoms with Gasteiger partial charge in [-0.25, -0.2) is 0 Å². The molecule has 1 rings (SSSR count). The fourth-order valence-electron chi connectivity index (χ4n) is 0.874. The smallest absolute Gasteiger partial charge is 0.296 e. The Morgan fingerprint density at radius 2 is 2.12 bits per heavy atom. The van der Waals surface area contributed by atoms with Gasteiger partial charge in [0.15, 0.2) is 6.34 Å². The molecule has 0 bridgehead atoms. The zero-order chi connectivity index (χ0) is 12.2. The topological polar surface area (TPSA) is 117 Å². The lowest BCUT2D eigenvalue weighted by Gasteiger charge is -2.00. The summed E-state index contributed by atoms with van der Waals surface area (Å²) in [5.41, 5.74) is 0.192. The van der Waals surface area contributed by atoms with Gasteiger partial charge in [0.1, 0.15) is 4.90 Å². The molecular formula is C7H7ClN4O3S. The number of nitrogens with two attached hydrogens (primary N) is 1. The van der Waals surface area contributed by atoms with E-state index in [9.17, 15) is 8.42 Å². The lowest BCUT2D eigenvalue weighted by molar-refractivity contribution is 0.483. The summed E-state index contributed by atoms with van der Waals surface area (Å²) >= 11 is 5.58. The molecular weight excluding hydrogens is 256 g/mol. The Kier molecular flexibility index (Phi) is 3.93. The van der Waals surface area contributed by atoms with E-state index >= 15 is 0 Å². The average molecular weight is 263 g/mol. The normalized spacial score (nSPS) is 12.6. The van der Waals surface area contributed by atoms with Crippen LogP contribution in [0.4, 0.5) is 5.69 Å². The quantitative estimate of drug-likeness (QED) is 0.215. The van der Waals surface area contributed by atoms with Crippen LogP contribution in [0.3, 0.4) is 0 Å². The van der Waals surface area contributed by atoms with Gasteiger partial charge < -0.3 is 5.84 Å². The highest BCUT2D eigenvalue weighted by Crippen LogP contribution is 2.26. The van der Waals surface area contributed by atoms with E-state index < -0.39 is 15.0 Å². The number of halogens is 1. The minimum atomic E-state index is -4.38. The molecule has 0 fully saturated rings. The fraction of sp³-hybridized carbons (Fsp3) is 0. The van der Waals surface area contributed by atoms with E-state index in [1.807, 2.05) is 0 Å². The SMILES string of the molecule is NN=CN=Nc1ccc(Cl)c(S(=O)(=O)O)c1. The van der Waals surface area contributed by atoms with E-state index in [4.69, 9.17) is 22.0 Å². The van der Waals surface area contributed by atoms with Crippen LogP contribution in [0.15, 0.2) is 38.4 Å². The number of hydrogen-bond acceptors (Lipinski definition) is 5. The molecule has 0 aliphatic rings. The molecule has 9 heteroatoms. The van der Waals surface area contributed by atoms with Crippen molar-refractivity contribution < 1.29 is 13.0 Å². The van der Waals surface area contributed by atoms with Crippen molar-refractivity contribution in [2.75, 3.05) is 0 Å². The number of azo groups is 1. The van der Waals surface area contributed by atoms with Crippen LogP contribution in [0.25, 0.3) is 0 Å². The highest BCUT2D eigenvalue weighted by atomic mass is 35.5. The molecule has 0 aromatic heterocycles. The Morgan fingerprint density at radius 1 is 1.44 bits per heavy atom. The largest absolute Gasteiger partial charge is 0.322 e. The molecule has 0 spiro atoms. The molecule has 16 heavy (non-hydrogen) atoms. The Bertz CT molecular complexity index is 541. The predicted octanol–water partition coefficient (Wildman–Crippen LogP) is 1.57. The van der Waals surface area contributed by atoms with Gasteiger partial charge in [-0.05, 0) is 18.2 Å². The Labute approximate surface area is 96.4 Å². The lowest BCUT2D eigenvalue weighted by atomic mass is 10.3. The highest BCUT2D eigenvalue weighted by molar-refractivity contribution is 7.86. The summed E-state index contributed by atoms with van der Waals surface area (Å²) in [4.78, 5) is -0.435. The number of hydrogen-bond donors (Lipinski definition) is 2. The zero-order valence-corrected chi connectivity index (χ0v) is 9.35. The van der Waals surface area contributed by atoms with Crippen molar-refractivity contribution in [3.63, 3.8) is 0 Å². The number of hydrazone groups is 1. The van der Waals surface area contributed by atoms with Crippen molar-refractivity contribution in [3.8, 4) is 0 Å². The van der Waals surface area contributed by atoms with Gasteiger partial charge in [-0.1, -0.05) is 11.6 Å². The zero-order valence-electron chi connectivity index (χ0n) is 7.78. The Hall–Kier alpha value is -1.51. The summed E-state index contributed by atoms with van der Waals surface area (Å²) in [6.07, 6.45) is 0.974. The first-order valence-corrected chi connectivity index (χ1v) is 5.66. The summed E-state index contributed by atoms with van der Waals surface area (Å²) in [6, 6.07) is 3.77. The second-order valence-corrected chi connectivity index (χ2v) is 4.37. The van der Waals surface area contributed by atoms with Crippen LogP contribution < -0.4 is 5.84 Å². The van der Waals surface area contributed by atoms with Crippen LogP contribution in [0, 0.1) is 0 Å². The summed E-state index contributed by atoms with van der Waals surface area (Å²) in [7, 11) is -4.38. The van der Waals surface area contributed by atoms with Crippen LogP contribution >= 0.6 is 11.6 Å². The van der Waals surface area contributed by atoms with Gasteiger partial charge in [0.25, 0.3) is 10.1 Å². The molecule has 1 aromatic carbocycles. The lowest BCUT2D eigenvalue weighted by Crippen LogP contribution is -1.98. The Balaban J connectivity index is 3.18. The van der Waals surface area contributed by atoms with Crippen LogP contribution in [-0.4, -0.2) is 19.3 Å². The van der Waals surface area contributed by atoms with Crippen molar-refractivity contribution in [1.29, 1.82) is 0 Å². The number of rotatable bonds is 3. The molecule has 86 valence electrons. The second kappa shape index (κ2) is 5.01. The van der Waals surface area contributed by atoms with Gasteiger partial charge in [0.2, 0.25) is 0 Å². The maximum Gasteiger partial charge on any atom is 0.296 e. The molecule has 0 amide bonds. The van der Waals surface area contributed by atoms with Crippen molar-refractivity contribution in [3.05, 3.63) is 23.2 Å². The van der Waals surface area contributed by atoms with Crippen LogP contribution in [0.1, 0.15) is 0 Å². The fourth-order valence-corrected chi connectivity index (χ4v) is 1.87. The molecule has 0 aliphatic heterocycles. The molecule has 0 saturated heterocycles. The van der Waals surface area contributed by atoms with Gasteiger partial charge in [-0.15, -0.1) is 10.2 Å². The van der Waals surface area contributed by atoms with E-state index in [0.29, 0.717) is 0 Å². The first kappa shape index (κ1) is 12.6. The minimum absolute atomic E-state index is 0.103. The van der Waals surface area contributed by atoms with E-state index in [1.54, 1.807) is 0 Å². The standard InChI is InChI=1S/C7H7ClN4O3S/c8-6-2-1-5(12-11-4-10-9)3-7(6)16(13,14)15/h1-4H,9H2,(H,13,14,15). The average Bonchev–Trinajstić information content (AvgIpc) is 2.19. The summed E-state index contributed by atoms with van der Waals surface area (Å²) in [5, 5.41) is 9.93. The molecule has 0 atom stereocenters. The van der Waals surface area contributed by atoms with Crippen LogP contribution in [0.2, 0.25) is 5.02 Å². The first-order valence-electron chi connectivity index (χ1n) is 3.85. The summed E-state index contributed by atoms with van der Waals surface area (Å²) < 4.78 is 30.6. The molecule has 0 radical (unpaired) electrons. The van der Waals surface area contributed by atoms with Gasteiger partial charge in [0.05, 0.1) is 10.7 Å². The Morgan fingerprint density at radius 3 is 2.69 bits per heavy atom. The third kappa shape index (κ3) is 3.26. The third-order valence-electron chi connectivity index (χ3n) is 1.48. The third-order valence-corrected chi connectivity index (χ3v) is 2.82. The second-order valence-electron chi connectivity index (χ2n) is 2.57. The minimum Gasteiger partial charge on any atom is -0.322 e. The van der Waals surface area contributed by atoms with Crippen molar-refractivity contribution >= 4 is 33.7 Å².